The van der Waals surface area contributed by atoms with Crippen molar-refractivity contribution < 1.29 is 18.4 Å². The first-order chi connectivity index (χ1) is 16.7. The number of aromatic nitrogens is 1. The van der Waals surface area contributed by atoms with Gasteiger partial charge in [-0.05, 0) is 38.2 Å². The number of carbonyl (C=O) groups is 2. The Morgan fingerprint density at radius 1 is 1.23 bits per heavy atom. The van der Waals surface area contributed by atoms with Gasteiger partial charge in [0.15, 0.2) is 5.57 Å². The molecule has 0 fully saturated rings. The van der Waals surface area contributed by atoms with Gasteiger partial charge >= 0.3 is 0 Å². The van der Waals surface area contributed by atoms with Crippen LogP contribution in [-0.2, 0) is 16.1 Å². The van der Waals surface area contributed by atoms with Gasteiger partial charge in [-0.1, -0.05) is 19.9 Å². The molecule has 0 aliphatic carbocycles. The molecule has 2 aromatic rings. The van der Waals surface area contributed by atoms with E-state index in [-0.39, 0.29) is 28.2 Å². The van der Waals surface area contributed by atoms with E-state index in [4.69, 9.17) is 0 Å². The molecule has 0 saturated heterocycles. The first-order valence-corrected chi connectivity index (χ1v) is 11.8. The molecule has 0 saturated carbocycles. The highest BCUT2D eigenvalue weighted by Crippen LogP contribution is 2.15. The summed E-state index contributed by atoms with van der Waals surface area (Å²) >= 11 is 0.901. The second kappa shape index (κ2) is 13.4. The predicted molar refractivity (Wildman–Crippen MR) is 132 cm³/mol. The molecule has 188 valence electrons. The van der Waals surface area contributed by atoms with Crippen LogP contribution in [0.5, 0.6) is 0 Å². The molecule has 0 radical (unpaired) electrons. The van der Waals surface area contributed by atoms with E-state index in [0.29, 0.717) is 11.4 Å². The Morgan fingerprint density at radius 2 is 1.91 bits per heavy atom. The molecule has 0 atom stereocenters. The Labute approximate surface area is 205 Å². The van der Waals surface area contributed by atoms with Gasteiger partial charge in [0, 0.05) is 24.1 Å². The van der Waals surface area contributed by atoms with E-state index in [0.717, 1.165) is 24.4 Å². The average molecular weight is 507 g/mol. The third kappa shape index (κ3) is 7.73. The number of thiazole rings is 1. The number of hydrogen-bond acceptors (Lipinski definition) is 7. The molecule has 0 aliphatic heterocycles. The highest BCUT2D eigenvalue weighted by Gasteiger charge is 2.16. The molecule has 35 heavy (non-hydrogen) atoms. The molecule has 0 bridgehead atoms. The summed E-state index contributed by atoms with van der Waals surface area (Å²) in [6, 6.07) is 8.64. The van der Waals surface area contributed by atoms with Crippen molar-refractivity contribution >= 4 is 46.3 Å². The first-order valence-electron chi connectivity index (χ1n) is 11.0. The van der Waals surface area contributed by atoms with Gasteiger partial charge in [0.25, 0.3) is 17.9 Å². The van der Waals surface area contributed by atoms with Crippen LogP contribution in [0.2, 0.25) is 0 Å². The second-order valence-electron chi connectivity index (χ2n) is 7.29. The normalized spacial score (nSPS) is 12.5. The number of anilines is 2. The molecule has 1 heterocycles. The minimum atomic E-state index is -2.76. The molecule has 2 rings (SSSR count). The van der Waals surface area contributed by atoms with Crippen LogP contribution in [0, 0.1) is 11.3 Å². The summed E-state index contributed by atoms with van der Waals surface area (Å²) in [5.74, 6) is -1.11. The topological polar surface area (TPSA) is 119 Å². The summed E-state index contributed by atoms with van der Waals surface area (Å²) in [4.78, 5) is 39.2. The lowest BCUT2D eigenvalue weighted by atomic mass is 10.2. The van der Waals surface area contributed by atoms with E-state index < -0.39 is 30.0 Å². The van der Waals surface area contributed by atoms with Gasteiger partial charge in [0.05, 0.1) is 13.1 Å². The number of halogens is 2. The van der Waals surface area contributed by atoms with Gasteiger partial charge in [-0.2, -0.15) is 5.26 Å². The smallest absolute Gasteiger partial charge is 0.270 e. The van der Waals surface area contributed by atoms with Crippen LogP contribution >= 0.6 is 11.3 Å². The third-order valence-electron chi connectivity index (χ3n) is 4.97. The Bertz CT molecular complexity index is 1260. The number of likely N-dealkylation sites (N-methyl/N-ethyl adjacent to an activating group) is 1. The lowest BCUT2D eigenvalue weighted by Crippen LogP contribution is -2.35. The number of amides is 2. The second-order valence-corrected chi connectivity index (χ2v) is 8.32. The van der Waals surface area contributed by atoms with Crippen molar-refractivity contribution in [1.82, 2.24) is 14.8 Å². The van der Waals surface area contributed by atoms with Gasteiger partial charge < -0.3 is 16.0 Å². The molecule has 1 aromatic carbocycles. The number of carbonyl (C=O) groups excluding carboxylic acids is 2. The summed E-state index contributed by atoms with van der Waals surface area (Å²) in [7, 11) is 0. The Morgan fingerprint density at radius 3 is 2.51 bits per heavy atom. The van der Waals surface area contributed by atoms with Gasteiger partial charge in [-0.3, -0.25) is 23.9 Å². The van der Waals surface area contributed by atoms with Crippen molar-refractivity contribution in [3.8, 4) is 6.07 Å². The highest BCUT2D eigenvalue weighted by atomic mass is 32.1. The summed E-state index contributed by atoms with van der Waals surface area (Å²) in [5, 5.41) is 17.2. The lowest BCUT2D eigenvalue weighted by molar-refractivity contribution is -0.117. The minimum absolute atomic E-state index is 0.0808. The van der Waals surface area contributed by atoms with Crippen LogP contribution in [0.25, 0.3) is 11.8 Å². The number of alkyl halides is 2. The van der Waals surface area contributed by atoms with Crippen LogP contribution in [0.1, 0.15) is 20.8 Å². The third-order valence-corrected chi connectivity index (χ3v) is 6.10. The van der Waals surface area contributed by atoms with Crippen molar-refractivity contribution in [2.24, 2.45) is 0 Å². The maximum Gasteiger partial charge on any atom is 0.270 e. The number of nitriles is 1. The van der Waals surface area contributed by atoms with Crippen LogP contribution < -0.4 is 30.7 Å². The van der Waals surface area contributed by atoms with Crippen molar-refractivity contribution in [3.63, 3.8) is 0 Å². The fourth-order valence-corrected chi connectivity index (χ4v) is 4.22. The van der Waals surface area contributed by atoms with Crippen molar-refractivity contribution in [2.75, 3.05) is 36.8 Å². The van der Waals surface area contributed by atoms with Gasteiger partial charge in [-0.25, -0.2) is 8.78 Å². The number of hydrogen-bond donors (Lipinski definition) is 3. The fraction of sp³-hybridized carbons (Fsp3) is 0.391. The first kappa shape index (κ1) is 27.7. The summed E-state index contributed by atoms with van der Waals surface area (Å²) in [6.45, 7) is 6.71. The Hall–Kier alpha value is -3.56. The predicted octanol–water partition coefficient (Wildman–Crippen LogP) is 1.12. The molecule has 0 unspecified atom stereocenters. The average Bonchev–Trinajstić information content (AvgIpc) is 3.15. The van der Waals surface area contributed by atoms with Crippen LogP contribution in [0.15, 0.2) is 29.1 Å². The summed E-state index contributed by atoms with van der Waals surface area (Å²) in [5.41, 5.74) is 0.335. The molecule has 9 nitrogen and oxygen atoms in total. The number of nitrogens with one attached hydrogen (secondary N) is 3. The van der Waals surface area contributed by atoms with E-state index in [2.05, 4.69) is 10.6 Å². The minimum Gasteiger partial charge on any atom is -0.360 e. The van der Waals surface area contributed by atoms with E-state index >= 15 is 0 Å². The van der Waals surface area contributed by atoms with Crippen molar-refractivity contribution in [2.45, 2.75) is 33.7 Å². The summed E-state index contributed by atoms with van der Waals surface area (Å²) < 4.78 is 26.4. The molecule has 3 N–H and O–H groups in total. The van der Waals surface area contributed by atoms with E-state index in [1.807, 2.05) is 24.1 Å². The molecule has 0 spiro atoms. The number of nitrogens with zero attached hydrogens (tertiary/aromatic N) is 3. The molecule has 0 aliphatic rings. The van der Waals surface area contributed by atoms with Crippen molar-refractivity contribution in [1.29, 1.82) is 5.26 Å². The highest BCUT2D eigenvalue weighted by molar-refractivity contribution is 7.07. The zero-order valence-electron chi connectivity index (χ0n) is 19.7. The SMILES string of the molecule is CCN(CC)CC(=O)Nc1cccc(N/C=c2/s/c(=C(/C#N)C(=O)NCC(F)F)n(CC)c2=O)c1. The van der Waals surface area contributed by atoms with E-state index in [1.165, 1.54) is 10.8 Å². The maximum atomic E-state index is 12.8. The summed E-state index contributed by atoms with van der Waals surface area (Å²) in [6.07, 6.45) is -1.33. The van der Waals surface area contributed by atoms with E-state index in [9.17, 15) is 28.4 Å². The number of rotatable bonds is 11. The number of benzene rings is 1. The van der Waals surface area contributed by atoms with Gasteiger partial charge in [0.2, 0.25) is 5.91 Å². The van der Waals surface area contributed by atoms with E-state index in [1.54, 1.807) is 37.3 Å². The van der Waals surface area contributed by atoms with Crippen LogP contribution in [-0.4, -0.2) is 53.9 Å². The standard InChI is InChI=1S/C23H28F2N6O3S/c1-4-30(5-2)14-20(32)29-16-9-7-8-15(10-16)27-12-18-22(34)31(6-3)23(35-18)17(11-26)21(33)28-13-19(24)25/h7-10,12,19,27H,4-6,13-14H2,1-3H3,(H,28,33)(H,29,32)/b18-12+,23-17-. The molecule has 2 amide bonds. The molecule has 1 aromatic heterocycles. The largest absolute Gasteiger partial charge is 0.360 e. The van der Waals surface area contributed by atoms with Crippen LogP contribution in [0.3, 0.4) is 0 Å². The van der Waals surface area contributed by atoms with Gasteiger partial charge in [-0.15, -0.1) is 11.3 Å². The Balaban J connectivity index is 2.31. The molecular weight excluding hydrogens is 478 g/mol. The van der Waals surface area contributed by atoms with Crippen LogP contribution in [0.4, 0.5) is 20.2 Å². The maximum absolute atomic E-state index is 12.8. The van der Waals surface area contributed by atoms with Gasteiger partial charge in [0.1, 0.15) is 15.3 Å². The molecule has 12 heteroatoms. The lowest BCUT2D eigenvalue weighted by Gasteiger charge is -2.17. The monoisotopic (exact) mass is 506 g/mol. The zero-order chi connectivity index (χ0) is 26.0. The fourth-order valence-electron chi connectivity index (χ4n) is 3.13. The zero-order valence-corrected chi connectivity index (χ0v) is 20.5. The van der Waals surface area contributed by atoms with Crippen molar-refractivity contribution in [3.05, 3.63) is 43.8 Å². The Kier molecular flexibility index (Phi) is 10.6. The molecular formula is C23H28F2N6O3S. The quantitative estimate of drug-likeness (QED) is 0.420.